The number of hydrogen-bond acceptors (Lipinski definition) is 4. The number of nitrogens with zero attached hydrogens (tertiary/aromatic N) is 1. The van der Waals surface area contributed by atoms with Crippen LogP contribution in [0.3, 0.4) is 0 Å². The van der Waals surface area contributed by atoms with Crippen molar-refractivity contribution in [3.05, 3.63) is 81.7 Å². The number of para-hydroxylation sites is 1. The van der Waals surface area contributed by atoms with E-state index in [9.17, 15) is 4.79 Å². The van der Waals surface area contributed by atoms with Crippen molar-refractivity contribution in [2.75, 3.05) is 0 Å². The lowest BCUT2D eigenvalue weighted by molar-refractivity contribution is 0.559. The second-order valence-corrected chi connectivity index (χ2v) is 5.84. The largest absolute Gasteiger partial charge is 0.422 e. The number of aryl methyl sites for hydroxylation is 1. The molecule has 0 aliphatic carbocycles. The number of fused-ring (bicyclic) bond motifs is 1. The van der Waals surface area contributed by atoms with Gasteiger partial charge < -0.3 is 9.84 Å². The zero-order valence-electron chi connectivity index (χ0n) is 12.7. The SMILES string of the molecule is Cc1ccc(C2CC(c3cc4ccccc4oc3=O)=NN2)cc1. The Morgan fingerprint density at radius 2 is 1.91 bits per heavy atom. The van der Waals surface area contributed by atoms with Crippen molar-refractivity contribution in [2.24, 2.45) is 5.10 Å². The van der Waals surface area contributed by atoms with Crippen LogP contribution in [0.1, 0.15) is 29.2 Å². The minimum absolute atomic E-state index is 0.0940. The highest BCUT2D eigenvalue weighted by molar-refractivity contribution is 6.03. The quantitative estimate of drug-likeness (QED) is 0.737. The Morgan fingerprint density at radius 1 is 1.13 bits per heavy atom. The van der Waals surface area contributed by atoms with E-state index in [0.717, 1.165) is 11.1 Å². The summed E-state index contributed by atoms with van der Waals surface area (Å²) in [6, 6.07) is 17.8. The van der Waals surface area contributed by atoms with Gasteiger partial charge in [0.25, 0.3) is 0 Å². The van der Waals surface area contributed by atoms with E-state index in [1.165, 1.54) is 11.1 Å². The van der Waals surface area contributed by atoms with Gasteiger partial charge in [-0.2, -0.15) is 5.10 Å². The summed E-state index contributed by atoms with van der Waals surface area (Å²) in [5, 5.41) is 5.27. The Morgan fingerprint density at radius 3 is 2.74 bits per heavy atom. The molecule has 0 amide bonds. The first-order valence-electron chi connectivity index (χ1n) is 7.62. The van der Waals surface area contributed by atoms with E-state index in [1.54, 1.807) is 6.07 Å². The normalized spacial score (nSPS) is 17.1. The van der Waals surface area contributed by atoms with Gasteiger partial charge in [0.1, 0.15) is 5.58 Å². The van der Waals surface area contributed by atoms with Crippen LogP contribution in [0.5, 0.6) is 0 Å². The molecular formula is C19H16N2O2. The van der Waals surface area contributed by atoms with Gasteiger partial charge in [0.05, 0.1) is 17.3 Å². The van der Waals surface area contributed by atoms with Gasteiger partial charge in [0.2, 0.25) is 0 Å². The molecule has 0 saturated heterocycles. The summed E-state index contributed by atoms with van der Waals surface area (Å²) in [5.74, 6) is 0. The van der Waals surface area contributed by atoms with Gasteiger partial charge in [0.15, 0.2) is 0 Å². The van der Waals surface area contributed by atoms with E-state index < -0.39 is 0 Å². The number of rotatable bonds is 2. The van der Waals surface area contributed by atoms with Crippen LogP contribution in [-0.2, 0) is 0 Å². The molecule has 0 saturated carbocycles. The third-order valence-corrected chi connectivity index (χ3v) is 4.18. The van der Waals surface area contributed by atoms with Gasteiger partial charge in [0, 0.05) is 11.8 Å². The van der Waals surface area contributed by atoms with Crippen molar-refractivity contribution in [3.8, 4) is 0 Å². The maximum atomic E-state index is 12.2. The van der Waals surface area contributed by atoms with Crippen LogP contribution in [0.15, 0.2) is 68.9 Å². The summed E-state index contributed by atoms with van der Waals surface area (Å²) in [6.07, 6.45) is 0.673. The Labute approximate surface area is 133 Å². The Balaban J connectivity index is 1.66. The second-order valence-electron chi connectivity index (χ2n) is 5.84. The van der Waals surface area contributed by atoms with Crippen LogP contribution in [0.2, 0.25) is 0 Å². The first kappa shape index (κ1) is 13.8. The molecule has 2 heterocycles. The second kappa shape index (κ2) is 5.39. The summed E-state index contributed by atoms with van der Waals surface area (Å²) in [5.41, 5.74) is 7.05. The van der Waals surface area contributed by atoms with E-state index in [0.29, 0.717) is 17.6 Å². The molecule has 1 atom stereocenters. The van der Waals surface area contributed by atoms with E-state index >= 15 is 0 Å². The molecular weight excluding hydrogens is 288 g/mol. The third kappa shape index (κ3) is 2.52. The van der Waals surface area contributed by atoms with Crippen molar-refractivity contribution in [2.45, 2.75) is 19.4 Å². The molecule has 0 bridgehead atoms. The fourth-order valence-electron chi connectivity index (χ4n) is 2.86. The minimum atomic E-state index is -0.339. The predicted octanol–water partition coefficient (Wildman–Crippen LogP) is 3.54. The average molecular weight is 304 g/mol. The Kier molecular flexibility index (Phi) is 3.23. The molecule has 0 radical (unpaired) electrons. The van der Waals surface area contributed by atoms with Crippen LogP contribution in [0.4, 0.5) is 0 Å². The lowest BCUT2D eigenvalue weighted by Gasteiger charge is -2.10. The zero-order chi connectivity index (χ0) is 15.8. The highest BCUT2D eigenvalue weighted by Crippen LogP contribution is 2.25. The molecule has 4 nitrogen and oxygen atoms in total. The van der Waals surface area contributed by atoms with Gasteiger partial charge in [-0.25, -0.2) is 4.79 Å². The van der Waals surface area contributed by atoms with Gasteiger partial charge in [-0.05, 0) is 24.6 Å². The van der Waals surface area contributed by atoms with Crippen molar-refractivity contribution in [1.29, 1.82) is 0 Å². The maximum absolute atomic E-state index is 12.2. The number of hydrogen-bond donors (Lipinski definition) is 1. The number of hydrazone groups is 1. The fraction of sp³-hybridized carbons (Fsp3) is 0.158. The molecule has 1 unspecified atom stereocenters. The molecule has 1 aliphatic heterocycles. The summed E-state index contributed by atoms with van der Waals surface area (Å²) in [7, 11) is 0. The van der Waals surface area contributed by atoms with Crippen LogP contribution in [-0.4, -0.2) is 5.71 Å². The lowest BCUT2D eigenvalue weighted by atomic mass is 9.99. The van der Waals surface area contributed by atoms with Crippen molar-refractivity contribution < 1.29 is 4.42 Å². The van der Waals surface area contributed by atoms with E-state index in [1.807, 2.05) is 24.3 Å². The lowest BCUT2D eigenvalue weighted by Crippen LogP contribution is -2.14. The van der Waals surface area contributed by atoms with Crippen LogP contribution in [0.25, 0.3) is 11.0 Å². The maximum Gasteiger partial charge on any atom is 0.345 e. The molecule has 1 aliphatic rings. The van der Waals surface area contributed by atoms with Crippen LogP contribution >= 0.6 is 0 Å². The predicted molar refractivity (Wildman–Crippen MR) is 90.7 cm³/mol. The van der Waals surface area contributed by atoms with E-state index in [-0.39, 0.29) is 11.7 Å². The first-order valence-corrected chi connectivity index (χ1v) is 7.62. The summed E-state index contributed by atoms with van der Waals surface area (Å²) in [6.45, 7) is 2.06. The molecule has 0 spiro atoms. The summed E-state index contributed by atoms with van der Waals surface area (Å²) < 4.78 is 5.40. The van der Waals surface area contributed by atoms with Gasteiger partial charge >= 0.3 is 5.63 Å². The van der Waals surface area contributed by atoms with E-state index in [2.05, 4.69) is 41.7 Å². The van der Waals surface area contributed by atoms with Crippen molar-refractivity contribution in [1.82, 2.24) is 5.43 Å². The molecule has 3 aromatic rings. The molecule has 1 N–H and O–H groups in total. The smallest absolute Gasteiger partial charge is 0.345 e. The van der Waals surface area contributed by atoms with Crippen LogP contribution in [0, 0.1) is 6.92 Å². The van der Waals surface area contributed by atoms with Crippen molar-refractivity contribution in [3.63, 3.8) is 0 Å². The Hall–Kier alpha value is -2.88. The number of nitrogens with one attached hydrogen (secondary N) is 1. The monoisotopic (exact) mass is 304 g/mol. The van der Waals surface area contributed by atoms with Gasteiger partial charge in [-0.15, -0.1) is 0 Å². The molecule has 114 valence electrons. The third-order valence-electron chi connectivity index (χ3n) is 4.18. The molecule has 0 fully saturated rings. The first-order chi connectivity index (χ1) is 11.2. The Bertz CT molecular complexity index is 955. The number of benzene rings is 2. The zero-order valence-corrected chi connectivity index (χ0v) is 12.7. The molecule has 4 heteroatoms. The highest BCUT2D eigenvalue weighted by atomic mass is 16.4. The summed E-state index contributed by atoms with van der Waals surface area (Å²) >= 11 is 0. The van der Waals surface area contributed by atoms with Crippen molar-refractivity contribution >= 4 is 16.7 Å². The fourth-order valence-corrected chi connectivity index (χ4v) is 2.86. The topological polar surface area (TPSA) is 54.6 Å². The highest BCUT2D eigenvalue weighted by Gasteiger charge is 2.23. The summed E-state index contributed by atoms with van der Waals surface area (Å²) in [4.78, 5) is 12.2. The minimum Gasteiger partial charge on any atom is -0.422 e. The molecule has 23 heavy (non-hydrogen) atoms. The molecule has 2 aromatic carbocycles. The van der Waals surface area contributed by atoms with Crippen LogP contribution < -0.4 is 11.1 Å². The average Bonchev–Trinajstić information content (AvgIpc) is 3.04. The molecule has 1 aromatic heterocycles. The van der Waals surface area contributed by atoms with E-state index in [4.69, 9.17) is 4.42 Å². The molecule has 4 rings (SSSR count). The van der Waals surface area contributed by atoms with Gasteiger partial charge in [-0.3, -0.25) is 0 Å². The standard InChI is InChI=1S/C19H16N2O2/c1-12-6-8-13(9-7-12)16-11-17(21-20-16)15-10-14-4-2-3-5-18(14)23-19(15)22/h2-10,16,20H,11H2,1H3. The van der Waals surface area contributed by atoms with Gasteiger partial charge in [-0.1, -0.05) is 48.0 Å².